The van der Waals surface area contributed by atoms with Gasteiger partial charge in [-0.25, -0.2) is 0 Å². The molecule has 6 nitrogen and oxygen atoms in total. The lowest BCUT2D eigenvalue weighted by atomic mass is 10.1. The molecule has 1 heterocycles. The second-order valence-corrected chi connectivity index (χ2v) is 8.39. The summed E-state index contributed by atoms with van der Waals surface area (Å²) in [5.41, 5.74) is 1.93. The quantitative estimate of drug-likeness (QED) is 0.671. The Labute approximate surface area is 174 Å². The molecule has 7 heteroatoms. The van der Waals surface area contributed by atoms with Crippen LogP contribution in [0.25, 0.3) is 0 Å². The summed E-state index contributed by atoms with van der Waals surface area (Å²) in [5, 5.41) is 3.34. The van der Waals surface area contributed by atoms with Gasteiger partial charge in [-0.2, -0.15) is 0 Å². The van der Waals surface area contributed by atoms with Gasteiger partial charge in [0.15, 0.2) is 11.5 Å². The lowest BCUT2D eigenvalue weighted by Crippen LogP contribution is -2.34. The zero-order valence-electron chi connectivity index (χ0n) is 17.0. The fraction of sp³-hybridized carbons (Fsp3) is 0.409. The highest BCUT2D eigenvalue weighted by molar-refractivity contribution is 7.85. The van der Waals surface area contributed by atoms with E-state index in [0.717, 1.165) is 41.3 Å². The van der Waals surface area contributed by atoms with E-state index in [1.165, 1.54) is 0 Å². The number of hydrogen-bond donors (Lipinski definition) is 1. The average Bonchev–Trinajstić information content (AvgIpc) is 2.92. The maximum atomic E-state index is 12.8. The van der Waals surface area contributed by atoms with Crippen molar-refractivity contribution in [3.8, 4) is 11.5 Å². The van der Waals surface area contributed by atoms with E-state index in [1.807, 2.05) is 42.5 Å². The van der Waals surface area contributed by atoms with Crippen molar-refractivity contribution in [2.24, 2.45) is 0 Å². The van der Waals surface area contributed by atoms with Gasteiger partial charge in [-0.15, -0.1) is 0 Å². The van der Waals surface area contributed by atoms with Crippen molar-refractivity contribution < 1.29 is 18.5 Å². The Bertz CT molecular complexity index is 872. The van der Waals surface area contributed by atoms with E-state index < -0.39 is 10.8 Å². The number of ether oxygens (including phenoxy) is 2. The van der Waals surface area contributed by atoms with Crippen LogP contribution in [0.5, 0.6) is 11.5 Å². The fourth-order valence-corrected chi connectivity index (χ4v) is 4.69. The van der Waals surface area contributed by atoms with Gasteiger partial charge >= 0.3 is 0 Å². The number of hydrogen-bond acceptors (Lipinski definition) is 5. The highest BCUT2D eigenvalue weighted by Crippen LogP contribution is 2.28. The molecule has 156 valence electrons. The van der Waals surface area contributed by atoms with E-state index in [1.54, 1.807) is 19.1 Å². The maximum absolute atomic E-state index is 12.8. The van der Waals surface area contributed by atoms with Gasteiger partial charge < -0.3 is 19.7 Å². The second kappa shape index (κ2) is 10.4. The first kappa shape index (κ1) is 21.3. The molecule has 0 saturated heterocycles. The van der Waals surface area contributed by atoms with Crippen LogP contribution >= 0.6 is 0 Å². The molecule has 2 aromatic carbocycles. The smallest absolute Gasteiger partial charge is 0.228 e. The van der Waals surface area contributed by atoms with Crippen LogP contribution < -0.4 is 19.7 Å². The van der Waals surface area contributed by atoms with Crippen LogP contribution in [0.2, 0.25) is 0 Å². The molecule has 0 aliphatic carbocycles. The third-order valence-electron chi connectivity index (χ3n) is 4.97. The minimum Gasteiger partial charge on any atom is -0.493 e. The fourth-order valence-electron chi connectivity index (χ4n) is 3.44. The predicted molar refractivity (Wildman–Crippen MR) is 115 cm³/mol. The molecule has 1 atom stereocenters. The SMILES string of the molecule is COc1ccc(CCNCCC(=O)N2CCCS(=O)c3ccccc32)cc1OC. The van der Waals surface area contributed by atoms with E-state index in [2.05, 4.69) is 5.32 Å². The second-order valence-electron chi connectivity index (χ2n) is 6.86. The number of amides is 1. The lowest BCUT2D eigenvalue weighted by molar-refractivity contribution is -0.118. The van der Waals surface area contributed by atoms with E-state index in [0.29, 0.717) is 31.0 Å². The number of methoxy groups -OCH3 is 2. The molecule has 0 bridgehead atoms. The molecule has 1 amide bonds. The number of anilines is 1. The Hall–Kier alpha value is -2.38. The molecule has 0 spiro atoms. The van der Waals surface area contributed by atoms with Crippen molar-refractivity contribution in [2.45, 2.75) is 24.2 Å². The van der Waals surface area contributed by atoms with Gasteiger partial charge in [0.05, 0.1) is 35.6 Å². The van der Waals surface area contributed by atoms with Crippen LogP contribution in [-0.4, -0.2) is 49.7 Å². The van der Waals surface area contributed by atoms with Crippen molar-refractivity contribution in [1.82, 2.24) is 5.32 Å². The largest absolute Gasteiger partial charge is 0.493 e. The van der Waals surface area contributed by atoms with Gasteiger partial charge in [-0.3, -0.25) is 9.00 Å². The molecule has 2 aromatic rings. The molecule has 1 unspecified atom stereocenters. The Morgan fingerprint density at radius 3 is 2.69 bits per heavy atom. The number of nitrogens with zero attached hydrogens (tertiary/aromatic N) is 1. The summed E-state index contributed by atoms with van der Waals surface area (Å²) in [7, 11) is 2.21. The molecule has 1 N–H and O–H groups in total. The zero-order chi connectivity index (χ0) is 20.6. The van der Waals surface area contributed by atoms with Crippen molar-refractivity contribution >= 4 is 22.4 Å². The number of nitrogens with one attached hydrogen (secondary N) is 1. The van der Waals surface area contributed by atoms with Crippen molar-refractivity contribution in [1.29, 1.82) is 0 Å². The van der Waals surface area contributed by atoms with Crippen molar-refractivity contribution in [3.63, 3.8) is 0 Å². The number of para-hydroxylation sites is 1. The summed E-state index contributed by atoms with van der Waals surface area (Å²) in [6.07, 6.45) is 1.99. The Balaban J connectivity index is 1.49. The number of carbonyl (C=O) groups is 1. The normalized spacial score (nSPS) is 16.1. The maximum Gasteiger partial charge on any atom is 0.228 e. The lowest BCUT2D eigenvalue weighted by Gasteiger charge is -2.22. The van der Waals surface area contributed by atoms with Crippen LogP contribution in [0.4, 0.5) is 5.69 Å². The summed E-state index contributed by atoms with van der Waals surface area (Å²) >= 11 is 0. The molecule has 0 aromatic heterocycles. The van der Waals surface area contributed by atoms with Gasteiger partial charge in [0.1, 0.15) is 0 Å². The van der Waals surface area contributed by atoms with E-state index >= 15 is 0 Å². The van der Waals surface area contributed by atoms with Gasteiger partial charge in [0, 0.05) is 25.3 Å². The van der Waals surface area contributed by atoms with Crippen molar-refractivity contribution in [3.05, 3.63) is 48.0 Å². The molecule has 0 radical (unpaired) electrons. The van der Waals surface area contributed by atoms with Gasteiger partial charge in [0.2, 0.25) is 5.91 Å². The minimum absolute atomic E-state index is 0.0648. The molecule has 1 aliphatic rings. The Morgan fingerprint density at radius 2 is 1.90 bits per heavy atom. The number of rotatable bonds is 8. The summed E-state index contributed by atoms with van der Waals surface area (Å²) in [4.78, 5) is 15.3. The molecule has 1 aliphatic heterocycles. The van der Waals surface area contributed by atoms with E-state index in [4.69, 9.17) is 9.47 Å². The standard InChI is InChI=1S/C22H28N2O4S/c1-27-19-9-8-17(16-20(19)28-2)10-12-23-13-11-22(25)24-14-5-15-29(26)21-7-4-3-6-18(21)24/h3-4,6-9,16,23H,5,10-15H2,1-2H3. The number of carbonyl (C=O) groups excluding carboxylic acids is 1. The van der Waals surface area contributed by atoms with Gasteiger partial charge in [0.25, 0.3) is 0 Å². The van der Waals surface area contributed by atoms with Crippen LogP contribution in [0, 0.1) is 0 Å². The molecule has 0 fully saturated rings. The van der Waals surface area contributed by atoms with Crippen LogP contribution in [0.1, 0.15) is 18.4 Å². The summed E-state index contributed by atoms with van der Waals surface area (Å²) in [5.74, 6) is 2.10. The van der Waals surface area contributed by atoms with Crippen molar-refractivity contribution in [2.75, 3.05) is 44.5 Å². The van der Waals surface area contributed by atoms with E-state index in [9.17, 15) is 9.00 Å². The van der Waals surface area contributed by atoms with Gasteiger partial charge in [-0.1, -0.05) is 18.2 Å². The number of fused-ring (bicyclic) bond motifs is 1. The molecular weight excluding hydrogens is 388 g/mol. The van der Waals surface area contributed by atoms with E-state index in [-0.39, 0.29) is 5.91 Å². The number of benzene rings is 2. The summed E-state index contributed by atoms with van der Waals surface area (Å²) in [6, 6.07) is 13.4. The highest BCUT2D eigenvalue weighted by Gasteiger charge is 2.23. The third-order valence-corrected chi connectivity index (χ3v) is 6.46. The van der Waals surface area contributed by atoms with Crippen LogP contribution in [0.3, 0.4) is 0 Å². The topological polar surface area (TPSA) is 67.9 Å². The average molecular weight is 417 g/mol. The summed E-state index contributed by atoms with van der Waals surface area (Å²) in [6.45, 7) is 1.99. The van der Waals surface area contributed by atoms with Gasteiger partial charge in [-0.05, 0) is 49.2 Å². The highest BCUT2D eigenvalue weighted by atomic mass is 32.2. The van der Waals surface area contributed by atoms with Crippen LogP contribution in [0.15, 0.2) is 47.4 Å². The van der Waals surface area contributed by atoms with Crippen LogP contribution in [-0.2, 0) is 22.0 Å². The monoisotopic (exact) mass is 416 g/mol. The Morgan fingerprint density at radius 1 is 1.10 bits per heavy atom. The third kappa shape index (κ3) is 5.36. The Kier molecular flexibility index (Phi) is 7.66. The first-order chi connectivity index (χ1) is 14.1. The first-order valence-electron chi connectivity index (χ1n) is 9.83. The molecule has 3 rings (SSSR count). The first-order valence-corrected chi connectivity index (χ1v) is 11.2. The molecular formula is C22H28N2O4S. The minimum atomic E-state index is -1.03. The molecule has 29 heavy (non-hydrogen) atoms. The summed E-state index contributed by atoms with van der Waals surface area (Å²) < 4.78 is 22.9. The zero-order valence-corrected chi connectivity index (χ0v) is 17.8. The predicted octanol–water partition coefficient (Wildman–Crippen LogP) is 2.77. The molecule has 0 saturated carbocycles.